The molecule has 2 atom stereocenters. The van der Waals surface area contributed by atoms with E-state index in [9.17, 15) is 13.2 Å². The topological polar surface area (TPSA) is 33.0 Å². The van der Waals surface area contributed by atoms with Crippen LogP contribution in [0.4, 0.5) is 13.2 Å². The minimum absolute atomic E-state index is 0.0370. The van der Waals surface area contributed by atoms with Gasteiger partial charge in [0.25, 0.3) is 0 Å². The number of alkyl halides is 3. The van der Waals surface area contributed by atoms with E-state index in [1.165, 1.54) is 17.8 Å². The minimum atomic E-state index is -4.50. The van der Waals surface area contributed by atoms with Crippen LogP contribution in [-0.2, 0) is 10.9 Å². The molecule has 19 heavy (non-hydrogen) atoms. The third-order valence-corrected chi connectivity index (χ3v) is 4.46. The highest BCUT2D eigenvalue weighted by Crippen LogP contribution is 2.37. The smallest absolute Gasteiger partial charge is 0.377 e. The van der Waals surface area contributed by atoms with Gasteiger partial charge >= 0.3 is 6.18 Å². The predicted octanol–water partition coefficient (Wildman–Crippen LogP) is 3.85. The first-order valence-corrected chi connectivity index (χ1v) is 6.69. The molecular weight excluding hydrogens is 275 g/mol. The summed E-state index contributed by atoms with van der Waals surface area (Å²) in [7, 11) is 0. The van der Waals surface area contributed by atoms with Gasteiger partial charge in [-0.3, -0.25) is 0 Å². The standard InChI is InChI=1S/C13H12F3NOS/c1-8-12(4-5-18-8)19-10-3-2-9(7-17)11(6-10)13(14,15)16/h2-3,6,8,12H,4-5H2,1H3. The van der Waals surface area contributed by atoms with E-state index in [1.54, 1.807) is 12.1 Å². The molecule has 1 aliphatic heterocycles. The molecule has 1 fully saturated rings. The Kier molecular flexibility index (Phi) is 4.07. The molecule has 2 nitrogen and oxygen atoms in total. The van der Waals surface area contributed by atoms with Crippen molar-refractivity contribution in [2.45, 2.75) is 35.8 Å². The van der Waals surface area contributed by atoms with Gasteiger partial charge in [0.2, 0.25) is 0 Å². The maximum atomic E-state index is 12.8. The summed E-state index contributed by atoms with van der Waals surface area (Å²) < 4.78 is 43.8. The molecule has 0 aliphatic carbocycles. The molecule has 1 aromatic rings. The van der Waals surface area contributed by atoms with Crippen molar-refractivity contribution in [3.05, 3.63) is 29.3 Å². The van der Waals surface area contributed by atoms with Crippen LogP contribution in [0.2, 0.25) is 0 Å². The Bertz CT molecular complexity index is 510. The number of ether oxygens (including phenoxy) is 1. The normalized spacial score (nSPS) is 23.3. The van der Waals surface area contributed by atoms with Crippen LogP contribution in [-0.4, -0.2) is 18.0 Å². The van der Waals surface area contributed by atoms with Crippen LogP contribution < -0.4 is 0 Å². The highest BCUT2D eigenvalue weighted by Gasteiger charge is 2.34. The van der Waals surface area contributed by atoms with E-state index >= 15 is 0 Å². The van der Waals surface area contributed by atoms with Gasteiger partial charge in [-0.25, -0.2) is 0 Å². The van der Waals surface area contributed by atoms with E-state index in [4.69, 9.17) is 10.00 Å². The van der Waals surface area contributed by atoms with Crippen LogP contribution >= 0.6 is 11.8 Å². The summed E-state index contributed by atoms with van der Waals surface area (Å²) in [6.45, 7) is 2.56. The summed E-state index contributed by atoms with van der Waals surface area (Å²) in [5, 5.41) is 8.88. The molecule has 1 aliphatic rings. The molecule has 1 aromatic carbocycles. The molecule has 1 saturated heterocycles. The molecule has 0 spiro atoms. The highest BCUT2D eigenvalue weighted by molar-refractivity contribution is 8.00. The second-order valence-electron chi connectivity index (χ2n) is 4.34. The van der Waals surface area contributed by atoms with Gasteiger partial charge in [-0.1, -0.05) is 0 Å². The third-order valence-electron chi connectivity index (χ3n) is 3.01. The summed E-state index contributed by atoms with van der Waals surface area (Å²) in [6, 6.07) is 5.41. The van der Waals surface area contributed by atoms with Crippen LogP contribution in [0.15, 0.2) is 23.1 Å². The predicted molar refractivity (Wildman–Crippen MR) is 65.8 cm³/mol. The minimum Gasteiger partial charge on any atom is -0.377 e. The molecule has 0 radical (unpaired) electrons. The summed E-state index contributed by atoms with van der Waals surface area (Å²) in [4.78, 5) is 0.522. The van der Waals surface area contributed by atoms with Crippen molar-refractivity contribution < 1.29 is 17.9 Å². The molecular formula is C13H12F3NOS. The summed E-state index contributed by atoms with van der Waals surface area (Å²) >= 11 is 1.37. The Morgan fingerprint density at radius 3 is 2.68 bits per heavy atom. The van der Waals surface area contributed by atoms with E-state index in [0.29, 0.717) is 11.5 Å². The maximum absolute atomic E-state index is 12.8. The monoisotopic (exact) mass is 287 g/mol. The first-order chi connectivity index (χ1) is 8.91. The molecule has 102 valence electrons. The van der Waals surface area contributed by atoms with Crippen molar-refractivity contribution in [1.29, 1.82) is 5.26 Å². The lowest BCUT2D eigenvalue weighted by atomic mass is 10.1. The zero-order valence-electron chi connectivity index (χ0n) is 10.2. The molecule has 6 heteroatoms. The van der Waals surface area contributed by atoms with Crippen molar-refractivity contribution >= 4 is 11.8 Å². The van der Waals surface area contributed by atoms with E-state index in [-0.39, 0.29) is 16.9 Å². The van der Waals surface area contributed by atoms with Gasteiger partial charge in [0, 0.05) is 16.8 Å². The van der Waals surface area contributed by atoms with Crippen molar-refractivity contribution in [1.82, 2.24) is 0 Å². The zero-order chi connectivity index (χ0) is 14.0. The largest absolute Gasteiger partial charge is 0.417 e. The summed E-state index contributed by atoms with van der Waals surface area (Å²) in [6.07, 6.45) is -3.64. The van der Waals surface area contributed by atoms with Crippen LogP contribution in [0, 0.1) is 11.3 Å². The summed E-state index contributed by atoms with van der Waals surface area (Å²) in [5.41, 5.74) is -1.21. The fraction of sp³-hybridized carbons (Fsp3) is 0.462. The molecule has 2 rings (SSSR count). The number of benzene rings is 1. The van der Waals surface area contributed by atoms with Gasteiger partial charge in [0.15, 0.2) is 0 Å². The van der Waals surface area contributed by atoms with Gasteiger partial charge in [0.1, 0.15) is 0 Å². The van der Waals surface area contributed by atoms with Crippen LogP contribution in [0.1, 0.15) is 24.5 Å². The lowest BCUT2D eigenvalue weighted by Crippen LogP contribution is -2.13. The number of rotatable bonds is 2. The maximum Gasteiger partial charge on any atom is 0.417 e. The Morgan fingerprint density at radius 1 is 1.42 bits per heavy atom. The molecule has 0 N–H and O–H groups in total. The molecule has 0 aromatic heterocycles. The number of hydrogen-bond acceptors (Lipinski definition) is 3. The van der Waals surface area contributed by atoms with Crippen LogP contribution in [0.25, 0.3) is 0 Å². The van der Waals surface area contributed by atoms with Gasteiger partial charge in [0.05, 0.1) is 23.3 Å². The van der Waals surface area contributed by atoms with Crippen LogP contribution in [0.3, 0.4) is 0 Å². The van der Waals surface area contributed by atoms with Crippen LogP contribution in [0.5, 0.6) is 0 Å². The number of nitriles is 1. The van der Waals surface area contributed by atoms with Gasteiger partial charge in [-0.2, -0.15) is 18.4 Å². The van der Waals surface area contributed by atoms with Crippen molar-refractivity contribution in [3.8, 4) is 6.07 Å². The quantitative estimate of drug-likeness (QED) is 0.828. The lowest BCUT2D eigenvalue weighted by molar-refractivity contribution is -0.137. The first-order valence-electron chi connectivity index (χ1n) is 5.81. The fourth-order valence-electron chi connectivity index (χ4n) is 1.97. The molecule has 1 heterocycles. The number of nitrogens with zero attached hydrogens (tertiary/aromatic N) is 1. The second kappa shape index (κ2) is 5.43. The first kappa shape index (κ1) is 14.2. The zero-order valence-corrected chi connectivity index (χ0v) is 11.0. The number of hydrogen-bond donors (Lipinski definition) is 0. The third kappa shape index (κ3) is 3.23. The van der Waals surface area contributed by atoms with Gasteiger partial charge < -0.3 is 4.74 Å². The van der Waals surface area contributed by atoms with E-state index in [2.05, 4.69) is 0 Å². The average molecular weight is 287 g/mol. The van der Waals surface area contributed by atoms with E-state index < -0.39 is 11.7 Å². The Morgan fingerprint density at radius 2 is 2.16 bits per heavy atom. The summed E-state index contributed by atoms with van der Waals surface area (Å²) in [5.74, 6) is 0. The molecule has 0 bridgehead atoms. The highest BCUT2D eigenvalue weighted by atomic mass is 32.2. The Hall–Kier alpha value is -1.19. The van der Waals surface area contributed by atoms with Crippen molar-refractivity contribution in [3.63, 3.8) is 0 Å². The lowest BCUT2D eigenvalue weighted by Gasteiger charge is -2.15. The van der Waals surface area contributed by atoms with Crippen molar-refractivity contribution in [2.24, 2.45) is 0 Å². The van der Waals surface area contributed by atoms with Gasteiger partial charge in [-0.05, 0) is 31.5 Å². The Balaban J connectivity index is 2.26. The molecule has 0 saturated carbocycles. The molecule has 2 unspecified atom stereocenters. The van der Waals surface area contributed by atoms with Gasteiger partial charge in [-0.15, -0.1) is 11.8 Å². The Labute approximate surface area is 113 Å². The number of halogens is 3. The average Bonchev–Trinajstić information content (AvgIpc) is 2.74. The van der Waals surface area contributed by atoms with Crippen molar-refractivity contribution in [2.75, 3.05) is 6.61 Å². The van der Waals surface area contributed by atoms with E-state index in [1.807, 2.05) is 6.92 Å². The molecule has 0 amide bonds. The fourth-order valence-corrected chi connectivity index (χ4v) is 3.14. The SMILES string of the molecule is CC1OCCC1Sc1ccc(C#N)c(C(F)(F)F)c1. The van der Waals surface area contributed by atoms with E-state index in [0.717, 1.165) is 12.5 Å². The number of thioether (sulfide) groups is 1. The second-order valence-corrected chi connectivity index (χ2v) is 5.65.